The van der Waals surface area contributed by atoms with Crippen molar-refractivity contribution in [1.29, 1.82) is 0 Å². The number of azo groups is 1. The minimum absolute atomic E-state index is 0.575. The molecule has 1 rings (SSSR count). The van der Waals surface area contributed by atoms with Crippen LogP contribution in [0.3, 0.4) is 0 Å². The van der Waals surface area contributed by atoms with Gasteiger partial charge in [0.25, 0.3) is 0 Å². The van der Waals surface area contributed by atoms with Crippen molar-refractivity contribution < 1.29 is 0 Å². The molecule has 0 atom stereocenters. The van der Waals surface area contributed by atoms with E-state index in [-0.39, 0.29) is 0 Å². The summed E-state index contributed by atoms with van der Waals surface area (Å²) in [5.41, 5.74) is 3.51. The number of rotatable bonds is 2. The van der Waals surface area contributed by atoms with Crippen LogP contribution in [0.5, 0.6) is 0 Å². The molecule has 0 aliphatic rings. The predicted molar refractivity (Wildman–Crippen MR) is 55.7 cm³/mol. The van der Waals surface area contributed by atoms with Gasteiger partial charge in [-0.2, -0.15) is 10.2 Å². The summed E-state index contributed by atoms with van der Waals surface area (Å²) in [6.07, 6.45) is 0. The molecule has 0 unspecified atom stereocenters. The van der Waals surface area contributed by atoms with Crippen molar-refractivity contribution in [3.8, 4) is 0 Å². The normalized spacial score (nSPS) is 11.5. The maximum atomic E-state index is 4.03. The monoisotopic (exact) mass is 176 g/mol. The highest BCUT2D eigenvalue weighted by Crippen LogP contribution is 2.23. The van der Waals surface area contributed by atoms with Gasteiger partial charge in [0.2, 0.25) is 0 Å². The average Bonchev–Trinajstić information content (AvgIpc) is 2.08. The Morgan fingerprint density at radius 1 is 1.23 bits per heavy atom. The molecule has 0 saturated carbocycles. The van der Waals surface area contributed by atoms with E-state index in [1.54, 1.807) is 7.05 Å². The zero-order chi connectivity index (χ0) is 9.84. The Hall–Kier alpha value is -1.18. The lowest BCUT2D eigenvalue weighted by molar-refractivity contribution is 0.864. The molecule has 0 saturated heterocycles. The topological polar surface area (TPSA) is 24.7 Å². The zero-order valence-electron chi connectivity index (χ0n) is 8.70. The summed E-state index contributed by atoms with van der Waals surface area (Å²) in [5, 5.41) is 7.80. The Kier molecular flexibility index (Phi) is 3.18. The van der Waals surface area contributed by atoms with Crippen LogP contribution in [0.25, 0.3) is 0 Å². The fraction of sp³-hybridized carbons (Fsp3) is 0.455. The first-order chi connectivity index (χ1) is 6.15. The maximum absolute atomic E-state index is 4.03. The van der Waals surface area contributed by atoms with E-state index in [1.807, 2.05) is 6.07 Å². The third-order valence-corrected chi connectivity index (χ3v) is 2.10. The highest BCUT2D eigenvalue weighted by Gasteiger charge is 2.01. The highest BCUT2D eigenvalue weighted by atomic mass is 15.1. The first-order valence-electron chi connectivity index (χ1n) is 4.55. The Labute approximate surface area is 79.7 Å². The maximum Gasteiger partial charge on any atom is 0.0881 e. The predicted octanol–water partition coefficient (Wildman–Crippen LogP) is 3.83. The highest BCUT2D eigenvalue weighted by molar-refractivity contribution is 5.47. The van der Waals surface area contributed by atoms with Crippen molar-refractivity contribution in [2.24, 2.45) is 10.2 Å². The second-order valence-electron chi connectivity index (χ2n) is 3.50. The lowest BCUT2D eigenvalue weighted by Gasteiger charge is -2.07. The van der Waals surface area contributed by atoms with Crippen LogP contribution in [0.2, 0.25) is 0 Å². The molecule has 1 aromatic rings. The smallest absolute Gasteiger partial charge is 0.0881 e. The summed E-state index contributed by atoms with van der Waals surface area (Å²) in [6.45, 7) is 6.45. The molecule has 0 fully saturated rings. The molecule has 0 heterocycles. The number of hydrogen-bond acceptors (Lipinski definition) is 2. The SMILES string of the molecule is CN=Nc1ccc(C(C)C)cc1C. The van der Waals surface area contributed by atoms with E-state index in [0.29, 0.717) is 5.92 Å². The van der Waals surface area contributed by atoms with Crippen molar-refractivity contribution in [3.63, 3.8) is 0 Å². The Bertz CT molecular complexity index is 314. The Morgan fingerprint density at radius 3 is 2.38 bits per heavy atom. The van der Waals surface area contributed by atoms with E-state index in [0.717, 1.165) is 5.69 Å². The molecule has 0 amide bonds. The third kappa shape index (κ3) is 2.38. The van der Waals surface area contributed by atoms with Gasteiger partial charge >= 0.3 is 0 Å². The Morgan fingerprint density at radius 2 is 1.92 bits per heavy atom. The molecule has 0 aliphatic heterocycles. The molecule has 0 aromatic heterocycles. The van der Waals surface area contributed by atoms with Crippen molar-refractivity contribution in [2.45, 2.75) is 26.7 Å². The summed E-state index contributed by atoms with van der Waals surface area (Å²) in [7, 11) is 1.69. The molecule has 1 aromatic carbocycles. The zero-order valence-corrected chi connectivity index (χ0v) is 8.70. The molecule has 2 nitrogen and oxygen atoms in total. The molecule has 0 bridgehead atoms. The largest absolute Gasteiger partial charge is 0.192 e. The van der Waals surface area contributed by atoms with Crippen molar-refractivity contribution in [1.82, 2.24) is 0 Å². The van der Waals surface area contributed by atoms with Gasteiger partial charge in [-0.25, -0.2) is 0 Å². The van der Waals surface area contributed by atoms with Crippen molar-refractivity contribution >= 4 is 5.69 Å². The summed E-state index contributed by atoms with van der Waals surface area (Å²) in [4.78, 5) is 0. The molecule has 0 aliphatic carbocycles. The van der Waals surface area contributed by atoms with E-state index in [4.69, 9.17) is 0 Å². The van der Waals surface area contributed by atoms with Gasteiger partial charge < -0.3 is 0 Å². The van der Waals surface area contributed by atoms with Gasteiger partial charge in [0, 0.05) is 7.05 Å². The summed E-state index contributed by atoms with van der Waals surface area (Å²) >= 11 is 0. The van der Waals surface area contributed by atoms with Crippen LogP contribution >= 0.6 is 0 Å². The van der Waals surface area contributed by atoms with Gasteiger partial charge in [-0.15, -0.1) is 0 Å². The molecule has 0 radical (unpaired) electrons. The molecular formula is C11H16N2. The lowest BCUT2D eigenvalue weighted by atomic mass is 10.0. The van der Waals surface area contributed by atoms with Gasteiger partial charge in [0.1, 0.15) is 0 Å². The number of aryl methyl sites for hydroxylation is 1. The van der Waals surface area contributed by atoms with Gasteiger partial charge in [-0.05, 0) is 30.0 Å². The minimum atomic E-state index is 0.575. The molecule has 70 valence electrons. The van der Waals surface area contributed by atoms with Crippen LogP contribution in [0.1, 0.15) is 30.9 Å². The van der Waals surface area contributed by atoms with Gasteiger partial charge in [0.05, 0.1) is 5.69 Å². The van der Waals surface area contributed by atoms with E-state index in [1.165, 1.54) is 11.1 Å². The van der Waals surface area contributed by atoms with Crippen LogP contribution in [0.4, 0.5) is 5.69 Å². The van der Waals surface area contributed by atoms with Crippen LogP contribution in [-0.2, 0) is 0 Å². The first kappa shape index (κ1) is 9.90. The van der Waals surface area contributed by atoms with Gasteiger partial charge in [-0.3, -0.25) is 0 Å². The van der Waals surface area contributed by atoms with E-state index in [9.17, 15) is 0 Å². The van der Waals surface area contributed by atoms with Crippen molar-refractivity contribution in [2.75, 3.05) is 7.05 Å². The lowest BCUT2D eigenvalue weighted by Crippen LogP contribution is -1.87. The Balaban J connectivity index is 3.05. The van der Waals surface area contributed by atoms with E-state index < -0.39 is 0 Å². The average molecular weight is 176 g/mol. The first-order valence-corrected chi connectivity index (χ1v) is 4.55. The fourth-order valence-electron chi connectivity index (χ4n) is 1.26. The van der Waals surface area contributed by atoms with E-state index in [2.05, 4.69) is 43.1 Å². The van der Waals surface area contributed by atoms with Crippen molar-refractivity contribution in [3.05, 3.63) is 29.3 Å². The quantitative estimate of drug-likeness (QED) is 0.612. The van der Waals surface area contributed by atoms with Crippen LogP contribution in [0, 0.1) is 6.92 Å². The van der Waals surface area contributed by atoms with Crippen LogP contribution in [-0.4, -0.2) is 7.05 Å². The van der Waals surface area contributed by atoms with Gasteiger partial charge in [-0.1, -0.05) is 26.0 Å². The number of benzene rings is 1. The molecule has 2 heteroatoms. The van der Waals surface area contributed by atoms with E-state index >= 15 is 0 Å². The third-order valence-electron chi connectivity index (χ3n) is 2.10. The van der Waals surface area contributed by atoms with Crippen LogP contribution < -0.4 is 0 Å². The summed E-state index contributed by atoms with van der Waals surface area (Å²) in [6, 6.07) is 6.31. The number of hydrogen-bond donors (Lipinski definition) is 0. The van der Waals surface area contributed by atoms with Crippen LogP contribution in [0.15, 0.2) is 28.4 Å². The second kappa shape index (κ2) is 4.17. The molecule has 13 heavy (non-hydrogen) atoms. The minimum Gasteiger partial charge on any atom is -0.192 e. The fourth-order valence-corrected chi connectivity index (χ4v) is 1.26. The molecular weight excluding hydrogens is 160 g/mol. The number of nitrogens with zero attached hydrogens (tertiary/aromatic N) is 2. The second-order valence-corrected chi connectivity index (χ2v) is 3.50. The summed E-state index contributed by atoms with van der Waals surface area (Å²) < 4.78 is 0. The molecule has 0 spiro atoms. The van der Waals surface area contributed by atoms with Gasteiger partial charge in [0.15, 0.2) is 0 Å². The standard InChI is InChI=1S/C11H16N2/c1-8(2)10-5-6-11(13-12-4)9(3)7-10/h5-8H,1-4H3. The molecule has 0 N–H and O–H groups in total. The summed E-state index contributed by atoms with van der Waals surface area (Å²) in [5.74, 6) is 0.575.